The molecule has 0 aliphatic carbocycles. The largest absolute Gasteiger partial charge is 0.354 e. The van der Waals surface area contributed by atoms with Crippen LogP contribution in [0, 0.1) is 10.7 Å². The average Bonchev–Trinajstić information content (AvgIpc) is 2.58. The van der Waals surface area contributed by atoms with Gasteiger partial charge in [-0.3, -0.25) is 19.0 Å². The van der Waals surface area contributed by atoms with E-state index in [2.05, 4.69) is 15.6 Å². The first-order valence-electron chi connectivity index (χ1n) is 8.18. The number of hydrogen-bond donors (Lipinski definition) is 3. The summed E-state index contributed by atoms with van der Waals surface area (Å²) >= 11 is 5.17. The molecule has 0 aliphatic rings. The number of carbonyl (C=O) groups is 2. The van der Waals surface area contributed by atoms with Crippen molar-refractivity contribution < 1.29 is 9.59 Å². The second-order valence-corrected chi connectivity index (χ2v) is 6.33. The fraction of sp³-hybridized carbons (Fsp3) is 0.412. The van der Waals surface area contributed by atoms with E-state index in [9.17, 15) is 14.4 Å². The summed E-state index contributed by atoms with van der Waals surface area (Å²) in [4.78, 5) is 39.0. The van der Waals surface area contributed by atoms with Crippen molar-refractivity contribution in [3.63, 3.8) is 0 Å². The molecule has 2 rings (SSSR count). The minimum Gasteiger partial charge on any atom is -0.354 e. The molecule has 3 N–H and O–H groups in total. The van der Waals surface area contributed by atoms with Crippen LogP contribution in [0.2, 0.25) is 0 Å². The summed E-state index contributed by atoms with van der Waals surface area (Å²) in [5, 5.41) is 5.94. The molecule has 0 fully saturated rings. The number of H-pyrrole nitrogens is 1. The molecule has 8 heteroatoms. The first-order valence-corrected chi connectivity index (χ1v) is 8.58. The van der Waals surface area contributed by atoms with Crippen molar-refractivity contribution in [3.05, 3.63) is 38.9 Å². The monoisotopic (exact) mass is 362 g/mol. The SMILES string of the molecule is CCn1c(=S)[nH]c2cc(C(=O)NCCNC(=O)C(C)C)ccc2c1=O. The maximum Gasteiger partial charge on any atom is 0.262 e. The first kappa shape index (κ1) is 18.9. The van der Waals surface area contributed by atoms with Gasteiger partial charge in [-0.1, -0.05) is 13.8 Å². The molecule has 0 spiro atoms. The fourth-order valence-electron chi connectivity index (χ4n) is 2.35. The molecule has 0 bridgehead atoms. The van der Waals surface area contributed by atoms with E-state index in [-0.39, 0.29) is 23.3 Å². The predicted octanol–water partition coefficient (Wildman–Crippen LogP) is 1.58. The lowest BCUT2D eigenvalue weighted by Crippen LogP contribution is -2.36. The van der Waals surface area contributed by atoms with Crippen LogP contribution in [0.5, 0.6) is 0 Å². The summed E-state index contributed by atoms with van der Waals surface area (Å²) in [6, 6.07) is 4.82. The third-order valence-electron chi connectivity index (χ3n) is 3.79. The Morgan fingerprint density at radius 1 is 1.24 bits per heavy atom. The molecule has 1 aromatic heterocycles. The molecule has 1 aromatic carbocycles. The van der Waals surface area contributed by atoms with Crippen LogP contribution < -0.4 is 16.2 Å². The van der Waals surface area contributed by atoms with Gasteiger partial charge >= 0.3 is 0 Å². The third-order valence-corrected chi connectivity index (χ3v) is 4.12. The summed E-state index contributed by atoms with van der Waals surface area (Å²) < 4.78 is 1.79. The van der Waals surface area contributed by atoms with Crippen molar-refractivity contribution in [2.45, 2.75) is 27.3 Å². The van der Waals surface area contributed by atoms with Gasteiger partial charge in [0.15, 0.2) is 4.77 Å². The normalized spacial score (nSPS) is 10.9. The van der Waals surface area contributed by atoms with Crippen LogP contribution in [0.3, 0.4) is 0 Å². The standard InChI is InChI=1S/C17H22N4O3S/c1-4-21-16(24)12-6-5-11(9-13(12)20-17(21)25)15(23)19-8-7-18-14(22)10(2)3/h5-6,9-10H,4,7-8H2,1-3H3,(H,18,22)(H,19,23)(H,20,25). The zero-order valence-electron chi connectivity index (χ0n) is 14.5. The molecule has 25 heavy (non-hydrogen) atoms. The third kappa shape index (κ3) is 4.33. The lowest BCUT2D eigenvalue weighted by atomic mass is 10.1. The summed E-state index contributed by atoms with van der Waals surface area (Å²) in [6.45, 7) is 6.62. The van der Waals surface area contributed by atoms with Gasteiger partial charge in [0.2, 0.25) is 5.91 Å². The van der Waals surface area contributed by atoms with Crippen LogP contribution in [0.25, 0.3) is 10.9 Å². The lowest BCUT2D eigenvalue weighted by molar-refractivity contribution is -0.123. The van der Waals surface area contributed by atoms with Crippen molar-refractivity contribution in [1.29, 1.82) is 0 Å². The van der Waals surface area contributed by atoms with Crippen molar-refractivity contribution in [2.75, 3.05) is 13.1 Å². The Morgan fingerprint density at radius 2 is 1.92 bits per heavy atom. The van der Waals surface area contributed by atoms with E-state index in [0.717, 1.165) is 0 Å². The minimum absolute atomic E-state index is 0.0558. The van der Waals surface area contributed by atoms with E-state index >= 15 is 0 Å². The second-order valence-electron chi connectivity index (χ2n) is 5.94. The molecule has 0 radical (unpaired) electrons. The summed E-state index contributed by atoms with van der Waals surface area (Å²) in [7, 11) is 0. The van der Waals surface area contributed by atoms with Gasteiger partial charge in [-0.25, -0.2) is 0 Å². The van der Waals surface area contributed by atoms with Crippen LogP contribution in [0.4, 0.5) is 0 Å². The molecule has 2 amide bonds. The highest BCUT2D eigenvalue weighted by Crippen LogP contribution is 2.10. The smallest absolute Gasteiger partial charge is 0.262 e. The van der Waals surface area contributed by atoms with E-state index in [1.807, 2.05) is 6.92 Å². The number of fused-ring (bicyclic) bond motifs is 1. The van der Waals surface area contributed by atoms with E-state index in [1.165, 1.54) is 4.57 Å². The van der Waals surface area contributed by atoms with Gasteiger partial charge in [0.05, 0.1) is 10.9 Å². The Labute approximate surface area is 150 Å². The minimum atomic E-state index is -0.278. The zero-order chi connectivity index (χ0) is 18.6. The van der Waals surface area contributed by atoms with E-state index in [0.29, 0.717) is 40.9 Å². The quantitative estimate of drug-likeness (QED) is 0.537. The molecule has 0 unspecified atom stereocenters. The molecule has 134 valence electrons. The van der Waals surface area contributed by atoms with Crippen LogP contribution in [-0.2, 0) is 11.3 Å². The number of amides is 2. The lowest BCUT2D eigenvalue weighted by Gasteiger charge is -2.10. The molecule has 0 saturated carbocycles. The summed E-state index contributed by atoms with van der Waals surface area (Å²) in [5.41, 5.74) is 0.770. The van der Waals surface area contributed by atoms with E-state index < -0.39 is 0 Å². The molecule has 0 saturated heterocycles. The Balaban J connectivity index is 2.11. The number of carbonyl (C=O) groups excluding carboxylic acids is 2. The van der Waals surface area contributed by atoms with Crippen molar-refractivity contribution in [2.24, 2.45) is 5.92 Å². The molecule has 2 aromatic rings. The highest BCUT2D eigenvalue weighted by molar-refractivity contribution is 7.71. The highest BCUT2D eigenvalue weighted by Gasteiger charge is 2.10. The number of nitrogens with zero attached hydrogens (tertiary/aromatic N) is 1. The summed E-state index contributed by atoms with van der Waals surface area (Å²) in [6.07, 6.45) is 0. The number of hydrogen-bond acceptors (Lipinski definition) is 4. The number of nitrogens with one attached hydrogen (secondary N) is 3. The Morgan fingerprint density at radius 3 is 2.56 bits per heavy atom. The summed E-state index contributed by atoms with van der Waals surface area (Å²) in [5.74, 6) is -0.425. The number of aromatic amines is 1. The van der Waals surface area contributed by atoms with Gasteiger partial charge < -0.3 is 15.6 Å². The van der Waals surface area contributed by atoms with Gasteiger partial charge in [0.1, 0.15) is 0 Å². The van der Waals surface area contributed by atoms with Crippen LogP contribution in [0.15, 0.2) is 23.0 Å². The Hall–Kier alpha value is -2.48. The Bertz CT molecular complexity index is 914. The molecule has 1 heterocycles. The van der Waals surface area contributed by atoms with Crippen molar-refractivity contribution >= 4 is 34.9 Å². The maximum atomic E-state index is 12.3. The van der Waals surface area contributed by atoms with Gasteiger partial charge in [0, 0.05) is 31.1 Å². The second kappa shape index (κ2) is 8.06. The molecule has 7 nitrogen and oxygen atoms in total. The van der Waals surface area contributed by atoms with Crippen LogP contribution in [-0.4, -0.2) is 34.5 Å². The van der Waals surface area contributed by atoms with E-state index in [4.69, 9.17) is 12.2 Å². The van der Waals surface area contributed by atoms with E-state index in [1.54, 1.807) is 32.0 Å². The number of benzene rings is 1. The van der Waals surface area contributed by atoms with Gasteiger partial charge in [-0.05, 0) is 37.3 Å². The zero-order valence-corrected chi connectivity index (χ0v) is 15.3. The van der Waals surface area contributed by atoms with Gasteiger partial charge in [-0.2, -0.15) is 0 Å². The van der Waals surface area contributed by atoms with Crippen LogP contribution >= 0.6 is 12.2 Å². The molecular weight excluding hydrogens is 340 g/mol. The predicted molar refractivity (Wildman–Crippen MR) is 99.2 cm³/mol. The molecule has 0 aliphatic heterocycles. The van der Waals surface area contributed by atoms with Crippen molar-refractivity contribution in [1.82, 2.24) is 20.2 Å². The first-order chi connectivity index (χ1) is 11.8. The van der Waals surface area contributed by atoms with Crippen molar-refractivity contribution in [3.8, 4) is 0 Å². The molecular formula is C17H22N4O3S. The van der Waals surface area contributed by atoms with Gasteiger partial charge in [0.25, 0.3) is 11.5 Å². The average molecular weight is 362 g/mol. The number of rotatable bonds is 6. The molecule has 0 atom stereocenters. The fourth-order valence-corrected chi connectivity index (χ4v) is 2.67. The topological polar surface area (TPSA) is 96.0 Å². The van der Waals surface area contributed by atoms with Crippen LogP contribution in [0.1, 0.15) is 31.1 Å². The Kier molecular flexibility index (Phi) is 6.08. The highest BCUT2D eigenvalue weighted by atomic mass is 32.1. The maximum absolute atomic E-state index is 12.3. The van der Waals surface area contributed by atoms with Gasteiger partial charge in [-0.15, -0.1) is 0 Å². The number of aromatic nitrogens is 2.